The fraction of sp³-hybridized carbons (Fsp3) is 0.188. The predicted octanol–water partition coefficient (Wildman–Crippen LogP) is 2.80. The number of methoxy groups -OCH3 is 1. The third-order valence-electron chi connectivity index (χ3n) is 3.17. The van der Waals surface area contributed by atoms with E-state index < -0.39 is 9.84 Å². The Balaban J connectivity index is 1.92. The van der Waals surface area contributed by atoms with Crippen molar-refractivity contribution in [3.8, 4) is 5.75 Å². The van der Waals surface area contributed by atoms with Crippen molar-refractivity contribution in [1.29, 1.82) is 0 Å². The smallest absolute Gasteiger partial charge is 0.243 e. The summed E-state index contributed by atoms with van der Waals surface area (Å²) in [4.78, 5) is 12.1. The maximum atomic E-state index is 11.9. The zero-order valence-electron chi connectivity index (χ0n) is 13.2. The molecule has 2 rings (SSSR count). The number of rotatable bonds is 6. The van der Waals surface area contributed by atoms with Gasteiger partial charge >= 0.3 is 0 Å². The number of hydrogen-bond acceptors (Lipinski definition) is 5. The Labute approximate surface area is 145 Å². The van der Waals surface area contributed by atoms with Crippen molar-refractivity contribution >= 4 is 38.7 Å². The van der Waals surface area contributed by atoms with E-state index in [9.17, 15) is 13.2 Å². The van der Waals surface area contributed by atoms with Gasteiger partial charge < -0.3 is 15.4 Å². The molecule has 0 saturated heterocycles. The Bertz CT molecular complexity index is 836. The average Bonchev–Trinajstić information content (AvgIpc) is 2.53. The van der Waals surface area contributed by atoms with E-state index in [0.29, 0.717) is 22.1 Å². The van der Waals surface area contributed by atoms with Crippen LogP contribution in [0, 0.1) is 0 Å². The summed E-state index contributed by atoms with van der Waals surface area (Å²) >= 11 is 6.01. The molecule has 0 bridgehead atoms. The number of carbonyl (C=O) groups excluding carboxylic acids is 1. The van der Waals surface area contributed by atoms with E-state index in [-0.39, 0.29) is 17.3 Å². The summed E-state index contributed by atoms with van der Waals surface area (Å²) < 4.78 is 27.8. The van der Waals surface area contributed by atoms with Crippen LogP contribution in [0.15, 0.2) is 47.4 Å². The fourth-order valence-corrected chi connectivity index (χ4v) is 2.84. The molecule has 0 aliphatic heterocycles. The van der Waals surface area contributed by atoms with Gasteiger partial charge in [-0.3, -0.25) is 4.79 Å². The van der Waals surface area contributed by atoms with Crippen LogP contribution in [0.5, 0.6) is 5.75 Å². The van der Waals surface area contributed by atoms with E-state index >= 15 is 0 Å². The minimum Gasteiger partial charge on any atom is -0.495 e. The van der Waals surface area contributed by atoms with E-state index in [2.05, 4.69) is 10.6 Å². The van der Waals surface area contributed by atoms with Crippen LogP contribution in [0.1, 0.15) is 0 Å². The highest BCUT2D eigenvalue weighted by atomic mass is 35.5. The molecule has 8 heteroatoms. The number of carbonyl (C=O) groups is 1. The number of ether oxygens (including phenoxy) is 1. The molecule has 0 spiro atoms. The molecule has 0 saturated carbocycles. The summed E-state index contributed by atoms with van der Waals surface area (Å²) in [5, 5.41) is 6.06. The van der Waals surface area contributed by atoms with Crippen LogP contribution in [0.4, 0.5) is 11.4 Å². The van der Waals surface area contributed by atoms with Gasteiger partial charge in [0, 0.05) is 17.6 Å². The highest BCUT2D eigenvalue weighted by Crippen LogP contribution is 2.27. The van der Waals surface area contributed by atoms with Crippen LogP contribution in [0.25, 0.3) is 0 Å². The number of nitrogens with one attached hydrogen (secondary N) is 2. The van der Waals surface area contributed by atoms with E-state index in [1.807, 2.05) is 0 Å². The van der Waals surface area contributed by atoms with Crippen LogP contribution in [-0.2, 0) is 14.6 Å². The van der Waals surface area contributed by atoms with Gasteiger partial charge in [-0.2, -0.15) is 0 Å². The van der Waals surface area contributed by atoms with Gasteiger partial charge in [0.15, 0.2) is 9.84 Å². The Morgan fingerprint density at radius 1 is 1.12 bits per heavy atom. The Hall–Kier alpha value is -2.25. The van der Waals surface area contributed by atoms with Gasteiger partial charge in [-0.1, -0.05) is 11.6 Å². The molecule has 2 aromatic rings. The van der Waals surface area contributed by atoms with Gasteiger partial charge in [0.2, 0.25) is 5.91 Å². The number of hydrogen-bond donors (Lipinski definition) is 2. The molecular formula is C16H17ClN2O4S. The summed E-state index contributed by atoms with van der Waals surface area (Å²) in [7, 11) is -1.73. The SMILES string of the molecule is COc1ccc(NCC(=O)Nc2ccc(S(C)(=O)=O)cc2)cc1Cl. The Kier molecular flexibility index (Phi) is 5.69. The van der Waals surface area contributed by atoms with Gasteiger partial charge in [0.1, 0.15) is 5.75 Å². The Morgan fingerprint density at radius 2 is 1.75 bits per heavy atom. The van der Waals surface area contributed by atoms with E-state index in [4.69, 9.17) is 16.3 Å². The third-order valence-corrected chi connectivity index (χ3v) is 4.59. The summed E-state index contributed by atoms with van der Waals surface area (Å²) in [5.41, 5.74) is 1.20. The molecular weight excluding hydrogens is 352 g/mol. The molecule has 128 valence electrons. The maximum Gasteiger partial charge on any atom is 0.243 e. The molecule has 0 unspecified atom stereocenters. The van der Waals surface area contributed by atoms with Crippen LogP contribution in [-0.4, -0.2) is 34.2 Å². The quantitative estimate of drug-likeness (QED) is 0.819. The van der Waals surface area contributed by atoms with Crippen molar-refractivity contribution in [1.82, 2.24) is 0 Å². The van der Waals surface area contributed by atoms with Gasteiger partial charge in [-0.15, -0.1) is 0 Å². The highest BCUT2D eigenvalue weighted by Gasteiger charge is 2.08. The van der Waals surface area contributed by atoms with Crippen molar-refractivity contribution in [2.24, 2.45) is 0 Å². The van der Waals surface area contributed by atoms with E-state index in [0.717, 1.165) is 6.26 Å². The maximum absolute atomic E-state index is 11.9. The number of amides is 1. The van der Waals surface area contributed by atoms with Crippen LogP contribution >= 0.6 is 11.6 Å². The van der Waals surface area contributed by atoms with E-state index in [1.165, 1.54) is 19.2 Å². The van der Waals surface area contributed by atoms with Crippen molar-refractivity contribution in [2.75, 3.05) is 30.5 Å². The van der Waals surface area contributed by atoms with E-state index in [1.54, 1.807) is 30.3 Å². The number of halogens is 1. The molecule has 6 nitrogen and oxygen atoms in total. The van der Waals surface area contributed by atoms with Crippen LogP contribution < -0.4 is 15.4 Å². The first kappa shape index (κ1) is 18.1. The minimum atomic E-state index is -3.25. The number of sulfone groups is 1. The molecule has 0 fully saturated rings. The minimum absolute atomic E-state index is 0.0382. The van der Waals surface area contributed by atoms with Crippen LogP contribution in [0.2, 0.25) is 5.02 Å². The second-order valence-electron chi connectivity index (χ2n) is 5.05. The van der Waals surface area contributed by atoms with Crippen molar-refractivity contribution in [2.45, 2.75) is 4.90 Å². The summed E-state index contributed by atoms with van der Waals surface area (Å²) in [5.74, 6) is 0.284. The lowest BCUT2D eigenvalue weighted by Crippen LogP contribution is -2.21. The molecule has 0 aliphatic rings. The van der Waals surface area contributed by atoms with Crippen molar-refractivity contribution < 1.29 is 17.9 Å². The fourth-order valence-electron chi connectivity index (χ4n) is 1.95. The molecule has 0 aliphatic carbocycles. The van der Waals surface area contributed by atoms with Gasteiger partial charge in [0.25, 0.3) is 0 Å². The summed E-state index contributed by atoms with van der Waals surface area (Å²) in [6.07, 6.45) is 1.13. The monoisotopic (exact) mass is 368 g/mol. The second-order valence-corrected chi connectivity index (χ2v) is 7.47. The molecule has 0 radical (unpaired) electrons. The predicted molar refractivity (Wildman–Crippen MR) is 94.7 cm³/mol. The first-order valence-corrected chi connectivity index (χ1v) is 9.24. The van der Waals surface area contributed by atoms with Gasteiger partial charge in [-0.25, -0.2) is 8.42 Å². The van der Waals surface area contributed by atoms with Crippen molar-refractivity contribution in [3.05, 3.63) is 47.5 Å². The lowest BCUT2D eigenvalue weighted by atomic mass is 10.3. The van der Waals surface area contributed by atoms with Crippen LogP contribution in [0.3, 0.4) is 0 Å². The summed E-state index contributed by atoms with van der Waals surface area (Å²) in [6, 6.07) is 11.1. The standard InChI is InChI=1S/C16H17ClN2O4S/c1-23-15-8-5-12(9-14(15)17)18-10-16(20)19-11-3-6-13(7-4-11)24(2,21)22/h3-9,18H,10H2,1-2H3,(H,19,20). The topological polar surface area (TPSA) is 84.5 Å². The van der Waals surface area contributed by atoms with Gasteiger partial charge in [0.05, 0.1) is 23.6 Å². The number of benzene rings is 2. The van der Waals surface area contributed by atoms with Gasteiger partial charge in [-0.05, 0) is 42.5 Å². The van der Waals surface area contributed by atoms with Crippen molar-refractivity contribution in [3.63, 3.8) is 0 Å². The highest BCUT2D eigenvalue weighted by molar-refractivity contribution is 7.90. The lowest BCUT2D eigenvalue weighted by molar-refractivity contribution is -0.114. The zero-order valence-corrected chi connectivity index (χ0v) is 14.7. The number of anilines is 2. The first-order chi connectivity index (χ1) is 11.3. The largest absolute Gasteiger partial charge is 0.495 e. The lowest BCUT2D eigenvalue weighted by Gasteiger charge is -2.10. The summed E-state index contributed by atoms with van der Waals surface area (Å²) in [6.45, 7) is 0.0382. The second kappa shape index (κ2) is 7.55. The molecule has 24 heavy (non-hydrogen) atoms. The zero-order chi connectivity index (χ0) is 17.7. The average molecular weight is 369 g/mol. The molecule has 0 atom stereocenters. The molecule has 0 aromatic heterocycles. The molecule has 2 aromatic carbocycles. The molecule has 1 amide bonds. The Morgan fingerprint density at radius 3 is 2.29 bits per heavy atom. The normalized spacial score (nSPS) is 11.0. The molecule has 2 N–H and O–H groups in total. The third kappa shape index (κ3) is 4.87. The molecule has 0 heterocycles. The first-order valence-electron chi connectivity index (χ1n) is 6.97.